The van der Waals surface area contributed by atoms with Crippen LogP contribution in [0.3, 0.4) is 0 Å². The van der Waals surface area contributed by atoms with Crippen molar-refractivity contribution in [2.24, 2.45) is 4.99 Å². The number of nitrogens with one attached hydrogen (secondary N) is 2. The fourth-order valence-electron chi connectivity index (χ4n) is 3.17. The molecule has 3 rings (SSSR count). The van der Waals surface area contributed by atoms with Crippen LogP contribution in [0.15, 0.2) is 46.0 Å². The molecule has 0 atom stereocenters. The molecule has 0 bridgehead atoms. The van der Waals surface area contributed by atoms with Crippen LogP contribution in [0.4, 0.5) is 0 Å². The molecule has 1 fully saturated rings. The van der Waals surface area contributed by atoms with E-state index in [1.165, 1.54) is 12.8 Å². The van der Waals surface area contributed by atoms with Gasteiger partial charge in [-0.3, -0.25) is 4.90 Å². The van der Waals surface area contributed by atoms with Gasteiger partial charge in [-0.15, -0.1) is 24.0 Å². The van der Waals surface area contributed by atoms with Crippen LogP contribution in [-0.4, -0.2) is 47.6 Å². The normalized spacial score (nSPS) is 14.2. The SMILES string of the molecule is CCNC(=NCc1coc(-c2ccccc2)n1)NCCN(C(C)C)C1CC1.I. The van der Waals surface area contributed by atoms with Gasteiger partial charge in [0.1, 0.15) is 12.0 Å². The molecule has 1 aliphatic carbocycles. The number of hydrogen-bond acceptors (Lipinski definition) is 4. The van der Waals surface area contributed by atoms with Crippen LogP contribution in [-0.2, 0) is 6.54 Å². The lowest BCUT2D eigenvalue weighted by atomic mass is 10.2. The molecule has 2 aromatic rings. The van der Waals surface area contributed by atoms with Crippen LogP contribution >= 0.6 is 24.0 Å². The van der Waals surface area contributed by atoms with Crippen LogP contribution in [0.25, 0.3) is 11.5 Å². The molecule has 1 saturated carbocycles. The zero-order valence-corrected chi connectivity index (χ0v) is 19.3. The highest BCUT2D eigenvalue weighted by molar-refractivity contribution is 14.0. The number of nitrogens with zero attached hydrogens (tertiary/aromatic N) is 3. The van der Waals surface area contributed by atoms with Gasteiger partial charge in [0.15, 0.2) is 5.96 Å². The predicted molar refractivity (Wildman–Crippen MR) is 125 cm³/mol. The molecule has 0 saturated heterocycles. The maximum atomic E-state index is 5.59. The highest BCUT2D eigenvalue weighted by atomic mass is 127. The van der Waals surface area contributed by atoms with E-state index < -0.39 is 0 Å². The van der Waals surface area contributed by atoms with E-state index in [4.69, 9.17) is 4.42 Å². The van der Waals surface area contributed by atoms with Gasteiger partial charge in [0.25, 0.3) is 0 Å². The Morgan fingerprint density at radius 2 is 2.00 bits per heavy atom. The number of benzene rings is 1. The Balaban J connectivity index is 0.00000280. The molecule has 28 heavy (non-hydrogen) atoms. The van der Waals surface area contributed by atoms with E-state index in [9.17, 15) is 0 Å². The van der Waals surface area contributed by atoms with Crippen LogP contribution in [0.1, 0.15) is 39.3 Å². The first kappa shape index (κ1) is 22.7. The summed E-state index contributed by atoms with van der Waals surface area (Å²) in [6.45, 7) is 9.85. The Kier molecular flexibility index (Phi) is 9.24. The number of guanidine groups is 1. The molecule has 0 unspecified atom stereocenters. The van der Waals surface area contributed by atoms with Crippen LogP contribution in [0, 0.1) is 0 Å². The summed E-state index contributed by atoms with van der Waals surface area (Å²) in [5.74, 6) is 1.46. The monoisotopic (exact) mass is 497 g/mol. The summed E-state index contributed by atoms with van der Waals surface area (Å²) in [6, 6.07) is 11.3. The van der Waals surface area contributed by atoms with Gasteiger partial charge in [0, 0.05) is 37.3 Å². The summed E-state index contributed by atoms with van der Waals surface area (Å²) < 4.78 is 5.59. The van der Waals surface area contributed by atoms with Gasteiger partial charge in [0.2, 0.25) is 5.89 Å². The molecule has 1 aliphatic rings. The third-order valence-corrected chi connectivity index (χ3v) is 4.66. The third kappa shape index (κ3) is 6.77. The number of halogens is 1. The molecule has 1 aromatic carbocycles. The average molecular weight is 497 g/mol. The largest absolute Gasteiger partial charge is 0.444 e. The van der Waals surface area contributed by atoms with Gasteiger partial charge < -0.3 is 15.1 Å². The van der Waals surface area contributed by atoms with E-state index in [1.54, 1.807) is 6.26 Å². The second-order valence-corrected chi connectivity index (χ2v) is 7.19. The first-order valence-corrected chi connectivity index (χ1v) is 9.95. The first-order chi connectivity index (χ1) is 13.2. The van der Waals surface area contributed by atoms with Crippen molar-refractivity contribution in [3.05, 3.63) is 42.3 Å². The van der Waals surface area contributed by atoms with Crippen molar-refractivity contribution >= 4 is 29.9 Å². The molecular formula is C21H32IN5O. The van der Waals surface area contributed by atoms with E-state index in [-0.39, 0.29) is 24.0 Å². The van der Waals surface area contributed by atoms with Crippen molar-refractivity contribution in [1.82, 2.24) is 20.5 Å². The van der Waals surface area contributed by atoms with Gasteiger partial charge >= 0.3 is 0 Å². The molecular weight excluding hydrogens is 465 g/mol. The fourth-order valence-corrected chi connectivity index (χ4v) is 3.17. The van der Waals surface area contributed by atoms with E-state index in [1.807, 2.05) is 30.3 Å². The van der Waals surface area contributed by atoms with Crippen LogP contribution < -0.4 is 10.6 Å². The zero-order valence-electron chi connectivity index (χ0n) is 17.0. The number of aromatic nitrogens is 1. The van der Waals surface area contributed by atoms with Gasteiger partial charge in [-0.1, -0.05) is 18.2 Å². The first-order valence-electron chi connectivity index (χ1n) is 9.95. The Morgan fingerprint density at radius 3 is 2.64 bits per heavy atom. The molecule has 6 nitrogen and oxygen atoms in total. The highest BCUT2D eigenvalue weighted by Crippen LogP contribution is 2.27. The fraction of sp³-hybridized carbons (Fsp3) is 0.524. The number of oxazole rings is 1. The van der Waals surface area contributed by atoms with E-state index in [0.29, 0.717) is 18.5 Å². The maximum absolute atomic E-state index is 5.59. The predicted octanol–water partition coefficient (Wildman–Crippen LogP) is 3.89. The summed E-state index contributed by atoms with van der Waals surface area (Å²) in [4.78, 5) is 11.8. The van der Waals surface area contributed by atoms with Crippen LogP contribution in [0.2, 0.25) is 0 Å². The standard InChI is InChI=1S/C21H31N5O.HI/c1-4-22-21(23-12-13-26(16(2)3)19-10-11-19)24-14-18-15-27-20(25-18)17-8-6-5-7-9-17;/h5-9,15-16,19H,4,10-14H2,1-3H3,(H2,22,23,24);1H. The summed E-state index contributed by atoms with van der Waals surface area (Å²) in [5, 5.41) is 6.74. The summed E-state index contributed by atoms with van der Waals surface area (Å²) in [6.07, 6.45) is 4.35. The zero-order chi connectivity index (χ0) is 19.1. The molecule has 0 spiro atoms. The number of hydrogen-bond donors (Lipinski definition) is 2. The summed E-state index contributed by atoms with van der Waals surface area (Å²) in [5.41, 5.74) is 1.81. The number of aliphatic imine (C=N–C) groups is 1. The van der Waals surface area contributed by atoms with Crippen LogP contribution in [0.5, 0.6) is 0 Å². The van der Waals surface area contributed by atoms with Crippen molar-refractivity contribution in [1.29, 1.82) is 0 Å². The lowest BCUT2D eigenvalue weighted by molar-refractivity contribution is 0.215. The molecule has 0 amide bonds. The maximum Gasteiger partial charge on any atom is 0.226 e. The van der Waals surface area contributed by atoms with E-state index >= 15 is 0 Å². The van der Waals surface area contributed by atoms with Crippen molar-refractivity contribution in [3.63, 3.8) is 0 Å². The molecule has 154 valence electrons. The third-order valence-electron chi connectivity index (χ3n) is 4.66. The minimum Gasteiger partial charge on any atom is -0.444 e. The molecule has 1 aromatic heterocycles. The van der Waals surface area contributed by atoms with Crippen molar-refractivity contribution in [2.75, 3.05) is 19.6 Å². The van der Waals surface area contributed by atoms with Gasteiger partial charge in [-0.05, 0) is 45.7 Å². The topological polar surface area (TPSA) is 65.7 Å². The number of rotatable bonds is 9. The molecule has 2 N–H and O–H groups in total. The smallest absolute Gasteiger partial charge is 0.226 e. The second-order valence-electron chi connectivity index (χ2n) is 7.19. The molecule has 1 heterocycles. The van der Waals surface area contributed by atoms with E-state index in [2.05, 4.69) is 46.3 Å². The molecule has 0 aliphatic heterocycles. The van der Waals surface area contributed by atoms with E-state index in [0.717, 1.165) is 42.9 Å². The summed E-state index contributed by atoms with van der Waals surface area (Å²) >= 11 is 0. The Hall–Kier alpha value is -1.61. The Labute approximate surface area is 185 Å². The van der Waals surface area contributed by atoms with Gasteiger partial charge in [0.05, 0.1) is 6.54 Å². The highest BCUT2D eigenvalue weighted by Gasteiger charge is 2.30. The Morgan fingerprint density at radius 1 is 1.25 bits per heavy atom. The minimum absolute atomic E-state index is 0. The van der Waals surface area contributed by atoms with Crippen molar-refractivity contribution < 1.29 is 4.42 Å². The second kappa shape index (κ2) is 11.4. The van der Waals surface area contributed by atoms with Gasteiger partial charge in [-0.25, -0.2) is 9.98 Å². The molecule has 0 radical (unpaired) electrons. The Bertz CT molecular complexity index is 725. The lowest BCUT2D eigenvalue weighted by Crippen LogP contribution is -2.43. The lowest BCUT2D eigenvalue weighted by Gasteiger charge is -2.26. The molecule has 7 heteroatoms. The minimum atomic E-state index is 0. The summed E-state index contributed by atoms with van der Waals surface area (Å²) in [7, 11) is 0. The van der Waals surface area contributed by atoms with Crippen molar-refractivity contribution in [3.8, 4) is 11.5 Å². The quantitative estimate of drug-likeness (QED) is 0.313. The average Bonchev–Trinajstić information content (AvgIpc) is 3.40. The van der Waals surface area contributed by atoms with Crippen molar-refractivity contribution in [2.45, 2.75) is 52.2 Å². The van der Waals surface area contributed by atoms with Gasteiger partial charge in [-0.2, -0.15) is 0 Å².